The smallest absolute Gasteiger partial charge is 0.323 e. The molecule has 21 heavy (non-hydrogen) atoms. The molecule has 1 unspecified atom stereocenters. The van der Waals surface area contributed by atoms with Gasteiger partial charge in [0.05, 0.1) is 12.2 Å². The van der Waals surface area contributed by atoms with Crippen molar-refractivity contribution in [1.29, 1.82) is 0 Å². The van der Waals surface area contributed by atoms with Crippen molar-refractivity contribution in [3.63, 3.8) is 0 Å². The minimum Gasteiger partial charge on any atom is -0.480 e. The summed E-state index contributed by atoms with van der Waals surface area (Å²) in [6, 6.07) is 5.21. The number of nitrogens with zero attached hydrogens (tertiary/aromatic N) is 3. The SMILES string of the molecule is CCC(C)N(CC(=O)O)C(=O)N(C)Cc1cccc(C)n1. The molecule has 1 N–H and O–H groups in total. The molecule has 0 aliphatic carbocycles. The molecular formula is C15H23N3O3. The van der Waals surface area contributed by atoms with Crippen molar-refractivity contribution in [2.75, 3.05) is 13.6 Å². The summed E-state index contributed by atoms with van der Waals surface area (Å²) in [7, 11) is 1.66. The van der Waals surface area contributed by atoms with Gasteiger partial charge >= 0.3 is 12.0 Å². The second-order valence-corrected chi connectivity index (χ2v) is 5.19. The molecule has 0 radical (unpaired) electrons. The number of urea groups is 1. The topological polar surface area (TPSA) is 73.7 Å². The lowest BCUT2D eigenvalue weighted by molar-refractivity contribution is -0.138. The number of carboxylic acid groups (broad SMARTS) is 1. The van der Waals surface area contributed by atoms with E-state index in [0.717, 1.165) is 11.4 Å². The Morgan fingerprint density at radius 2 is 2.05 bits per heavy atom. The van der Waals surface area contributed by atoms with Gasteiger partial charge in [0, 0.05) is 18.8 Å². The van der Waals surface area contributed by atoms with E-state index in [9.17, 15) is 9.59 Å². The Kier molecular flexibility index (Phi) is 6.14. The van der Waals surface area contributed by atoms with Gasteiger partial charge in [-0.15, -0.1) is 0 Å². The number of rotatable bonds is 6. The Bertz CT molecular complexity index is 505. The minimum absolute atomic E-state index is 0.124. The number of aliphatic carboxylic acids is 1. The maximum Gasteiger partial charge on any atom is 0.323 e. The zero-order valence-electron chi connectivity index (χ0n) is 13.0. The first-order valence-electron chi connectivity index (χ1n) is 7.01. The van der Waals surface area contributed by atoms with E-state index in [1.165, 1.54) is 9.80 Å². The number of carboxylic acids is 1. The van der Waals surface area contributed by atoms with Crippen LogP contribution in [-0.4, -0.2) is 51.5 Å². The van der Waals surface area contributed by atoms with Crippen LogP contribution < -0.4 is 0 Å². The molecule has 1 aromatic heterocycles. The van der Waals surface area contributed by atoms with Gasteiger partial charge in [0.15, 0.2) is 0 Å². The fourth-order valence-electron chi connectivity index (χ4n) is 2.00. The van der Waals surface area contributed by atoms with Gasteiger partial charge in [-0.05, 0) is 32.4 Å². The third-order valence-corrected chi connectivity index (χ3v) is 3.35. The van der Waals surface area contributed by atoms with E-state index in [1.807, 2.05) is 39.0 Å². The van der Waals surface area contributed by atoms with Crippen LogP contribution in [0.15, 0.2) is 18.2 Å². The fourth-order valence-corrected chi connectivity index (χ4v) is 2.00. The van der Waals surface area contributed by atoms with Gasteiger partial charge < -0.3 is 14.9 Å². The predicted octanol–water partition coefficient (Wildman–Crippen LogP) is 2.13. The van der Waals surface area contributed by atoms with E-state index >= 15 is 0 Å². The Balaban J connectivity index is 2.80. The summed E-state index contributed by atoms with van der Waals surface area (Å²) in [6.07, 6.45) is 0.704. The van der Waals surface area contributed by atoms with Crippen LogP contribution in [0.1, 0.15) is 31.7 Å². The summed E-state index contributed by atoms with van der Waals surface area (Å²) >= 11 is 0. The van der Waals surface area contributed by atoms with E-state index < -0.39 is 5.97 Å². The zero-order valence-corrected chi connectivity index (χ0v) is 13.0. The quantitative estimate of drug-likeness (QED) is 0.872. The Morgan fingerprint density at radius 1 is 1.38 bits per heavy atom. The van der Waals surface area contributed by atoms with Crippen LogP contribution in [0.3, 0.4) is 0 Å². The summed E-state index contributed by atoms with van der Waals surface area (Å²) in [4.78, 5) is 30.6. The third kappa shape index (κ3) is 5.06. The van der Waals surface area contributed by atoms with Gasteiger partial charge in [0.25, 0.3) is 0 Å². The maximum absolute atomic E-state index is 12.4. The van der Waals surface area contributed by atoms with Crippen LogP contribution in [0, 0.1) is 6.92 Å². The number of aryl methyl sites for hydroxylation is 1. The number of hydrogen-bond acceptors (Lipinski definition) is 3. The number of carbonyl (C=O) groups excluding carboxylic acids is 1. The molecule has 1 aromatic rings. The van der Waals surface area contributed by atoms with Crippen LogP contribution in [0.5, 0.6) is 0 Å². The highest BCUT2D eigenvalue weighted by atomic mass is 16.4. The van der Waals surface area contributed by atoms with E-state index in [0.29, 0.717) is 13.0 Å². The van der Waals surface area contributed by atoms with E-state index in [-0.39, 0.29) is 18.6 Å². The highest BCUT2D eigenvalue weighted by Gasteiger charge is 2.24. The van der Waals surface area contributed by atoms with Crippen LogP contribution >= 0.6 is 0 Å². The van der Waals surface area contributed by atoms with Crippen LogP contribution in [0.2, 0.25) is 0 Å². The van der Waals surface area contributed by atoms with Crippen molar-refractivity contribution in [3.05, 3.63) is 29.6 Å². The van der Waals surface area contributed by atoms with Gasteiger partial charge in [-0.1, -0.05) is 13.0 Å². The van der Waals surface area contributed by atoms with Crippen LogP contribution in [0.25, 0.3) is 0 Å². The standard InChI is InChI=1S/C15H23N3O3/c1-5-12(3)18(10-14(19)20)15(21)17(4)9-13-8-6-7-11(2)16-13/h6-8,12H,5,9-10H2,1-4H3,(H,19,20). The monoisotopic (exact) mass is 293 g/mol. The van der Waals surface area contributed by atoms with Crippen molar-refractivity contribution >= 4 is 12.0 Å². The highest BCUT2D eigenvalue weighted by molar-refractivity contribution is 5.80. The Morgan fingerprint density at radius 3 is 2.57 bits per heavy atom. The molecule has 116 valence electrons. The second kappa shape index (κ2) is 7.61. The molecule has 6 heteroatoms. The van der Waals surface area contributed by atoms with E-state index in [1.54, 1.807) is 7.05 Å². The molecular weight excluding hydrogens is 270 g/mol. The summed E-state index contributed by atoms with van der Waals surface area (Å²) in [5.41, 5.74) is 1.67. The zero-order chi connectivity index (χ0) is 16.0. The lowest BCUT2D eigenvalue weighted by Gasteiger charge is -2.31. The van der Waals surface area contributed by atoms with Crippen molar-refractivity contribution in [2.45, 2.75) is 39.8 Å². The van der Waals surface area contributed by atoms with Crippen molar-refractivity contribution in [1.82, 2.24) is 14.8 Å². The van der Waals surface area contributed by atoms with Gasteiger partial charge in [-0.25, -0.2) is 4.79 Å². The normalized spacial score (nSPS) is 11.8. The number of hydrogen-bond donors (Lipinski definition) is 1. The molecule has 0 aliphatic heterocycles. The van der Waals surface area contributed by atoms with Gasteiger partial charge in [-0.2, -0.15) is 0 Å². The molecule has 1 rings (SSSR count). The largest absolute Gasteiger partial charge is 0.480 e. The van der Waals surface area contributed by atoms with Gasteiger partial charge in [0.1, 0.15) is 6.54 Å². The molecule has 0 aromatic carbocycles. The van der Waals surface area contributed by atoms with Crippen LogP contribution in [-0.2, 0) is 11.3 Å². The number of carbonyl (C=O) groups is 2. The predicted molar refractivity (Wildman–Crippen MR) is 79.9 cm³/mol. The molecule has 0 spiro atoms. The summed E-state index contributed by atoms with van der Waals surface area (Å²) in [6.45, 7) is 5.72. The average Bonchev–Trinajstić information content (AvgIpc) is 2.43. The molecule has 2 amide bonds. The number of pyridine rings is 1. The summed E-state index contributed by atoms with van der Waals surface area (Å²) in [5.74, 6) is -1.01. The van der Waals surface area contributed by atoms with Gasteiger partial charge in [0.2, 0.25) is 0 Å². The Labute approximate surface area is 125 Å². The maximum atomic E-state index is 12.4. The van der Waals surface area contributed by atoms with Gasteiger partial charge in [-0.3, -0.25) is 9.78 Å². The molecule has 0 fully saturated rings. The molecule has 1 atom stereocenters. The molecule has 0 saturated heterocycles. The van der Waals surface area contributed by atoms with Crippen molar-refractivity contribution in [2.24, 2.45) is 0 Å². The number of amides is 2. The highest BCUT2D eigenvalue weighted by Crippen LogP contribution is 2.10. The first kappa shape index (κ1) is 16.9. The first-order chi connectivity index (χ1) is 9.85. The fraction of sp³-hybridized carbons (Fsp3) is 0.533. The minimum atomic E-state index is -1.01. The van der Waals surface area contributed by atoms with E-state index in [2.05, 4.69) is 4.98 Å². The van der Waals surface area contributed by atoms with E-state index in [4.69, 9.17) is 5.11 Å². The lowest BCUT2D eigenvalue weighted by atomic mass is 10.2. The lowest BCUT2D eigenvalue weighted by Crippen LogP contribution is -2.47. The van der Waals surface area contributed by atoms with Crippen molar-refractivity contribution < 1.29 is 14.7 Å². The van der Waals surface area contributed by atoms with Crippen LogP contribution in [0.4, 0.5) is 4.79 Å². The molecule has 6 nitrogen and oxygen atoms in total. The molecule has 0 bridgehead atoms. The average molecular weight is 293 g/mol. The molecule has 0 aliphatic rings. The Hall–Kier alpha value is -2.11. The van der Waals surface area contributed by atoms with Crippen molar-refractivity contribution in [3.8, 4) is 0 Å². The summed E-state index contributed by atoms with van der Waals surface area (Å²) in [5, 5.41) is 8.96. The molecule has 1 heterocycles. The summed E-state index contributed by atoms with van der Waals surface area (Å²) < 4.78 is 0. The molecule has 0 saturated carbocycles. The first-order valence-corrected chi connectivity index (χ1v) is 7.01. The number of aromatic nitrogens is 1. The second-order valence-electron chi connectivity index (χ2n) is 5.19. The third-order valence-electron chi connectivity index (χ3n) is 3.35.